The number of carbonyl (C=O) groups excluding carboxylic acids is 3. The number of urea groups is 1. The van der Waals surface area contributed by atoms with Crippen molar-refractivity contribution in [2.24, 2.45) is 11.3 Å². The van der Waals surface area contributed by atoms with Crippen molar-refractivity contribution in [3.63, 3.8) is 0 Å². The lowest BCUT2D eigenvalue weighted by atomic mass is 9.64. The molecule has 8 nitrogen and oxygen atoms in total. The van der Waals surface area contributed by atoms with E-state index in [1.807, 2.05) is 36.4 Å². The molecule has 192 valence electrons. The number of benzene rings is 2. The van der Waals surface area contributed by atoms with Crippen LogP contribution in [0.25, 0.3) is 0 Å². The summed E-state index contributed by atoms with van der Waals surface area (Å²) in [5.74, 6) is 0.765. The van der Waals surface area contributed by atoms with Crippen molar-refractivity contribution in [2.45, 2.75) is 58.7 Å². The van der Waals surface area contributed by atoms with Crippen LogP contribution in [-0.2, 0) is 22.7 Å². The molecule has 1 aliphatic carbocycles. The second-order valence-corrected chi connectivity index (χ2v) is 10.8. The van der Waals surface area contributed by atoms with Gasteiger partial charge < -0.3 is 20.1 Å². The van der Waals surface area contributed by atoms with Crippen LogP contribution in [0.3, 0.4) is 0 Å². The predicted molar refractivity (Wildman–Crippen MR) is 135 cm³/mol. The third-order valence-electron chi connectivity index (χ3n) is 6.88. The lowest BCUT2D eigenvalue weighted by Crippen LogP contribution is -2.54. The minimum atomic E-state index is -0.915. The van der Waals surface area contributed by atoms with Gasteiger partial charge in [-0.15, -0.1) is 0 Å². The zero-order chi connectivity index (χ0) is 25.9. The van der Waals surface area contributed by atoms with Gasteiger partial charge in [-0.3, -0.25) is 14.5 Å². The lowest BCUT2D eigenvalue weighted by Gasteiger charge is -2.43. The molecule has 8 heteroatoms. The summed E-state index contributed by atoms with van der Waals surface area (Å²) in [5, 5.41) is 5.71. The Morgan fingerprint density at radius 1 is 1.08 bits per heavy atom. The molecule has 36 heavy (non-hydrogen) atoms. The molecule has 4 rings (SSSR count). The van der Waals surface area contributed by atoms with Crippen molar-refractivity contribution >= 4 is 17.8 Å². The van der Waals surface area contributed by atoms with Crippen molar-refractivity contribution in [3.8, 4) is 11.5 Å². The van der Waals surface area contributed by atoms with Crippen LogP contribution in [0.4, 0.5) is 4.79 Å². The normalized spacial score (nSPS) is 22.9. The molecule has 2 aromatic rings. The second-order valence-electron chi connectivity index (χ2n) is 10.8. The van der Waals surface area contributed by atoms with Crippen LogP contribution in [0.1, 0.15) is 51.2 Å². The Bertz CT molecular complexity index is 1130. The van der Waals surface area contributed by atoms with Crippen molar-refractivity contribution in [2.75, 3.05) is 13.7 Å². The first kappa shape index (κ1) is 25.5. The molecule has 0 aromatic heterocycles. The zero-order valence-electron chi connectivity index (χ0n) is 21.4. The van der Waals surface area contributed by atoms with Gasteiger partial charge in [-0.1, -0.05) is 57.2 Å². The van der Waals surface area contributed by atoms with Gasteiger partial charge in [0.2, 0.25) is 5.91 Å². The molecule has 1 spiro atoms. The topological polar surface area (TPSA) is 97.0 Å². The maximum atomic E-state index is 13.3. The van der Waals surface area contributed by atoms with Crippen molar-refractivity contribution in [1.82, 2.24) is 15.5 Å². The Morgan fingerprint density at radius 2 is 1.83 bits per heavy atom. The molecular formula is C28H35N3O5. The van der Waals surface area contributed by atoms with Gasteiger partial charge in [0.15, 0.2) is 11.5 Å². The molecule has 0 radical (unpaired) electrons. The molecular weight excluding hydrogens is 458 g/mol. The Morgan fingerprint density at radius 3 is 2.53 bits per heavy atom. The average Bonchev–Trinajstić information content (AvgIpc) is 3.03. The van der Waals surface area contributed by atoms with E-state index < -0.39 is 17.5 Å². The minimum absolute atomic E-state index is 0.0606. The zero-order valence-corrected chi connectivity index (χ0v) is 21.4. The molecule has 2 fully saturated rings. The van der Waals surface area contributed by atoms with Crippen LogP contribution in [-0.4, -0.2) is 41.9 Å². The van der Waals surface area contributed by atoms with E-state index in [1.54, 1.807) is 19.2 Å². The molecule has 2 atom stereocenters. The number of hydrogen-bond donors (Lipinski definition) is 2. The van der Waals surface area contributed by atoms with Gasteiger partial charge in [0, 0.05) is 6.54 Å². The summed E-state index contributed by atoms with van der Waals surface area (Å²) in [4.78, 5) is 39.6. The van der Waals surface area contributed by atoms with Crippen molar-refractivity contribution < 1.29 is 23.9 Å². The molecule has 2 aliphatic rings. The fourth-order valence-corrected chi connectivity index (χ4v) is 5.73. The van der Waals surface area contributed by atoms with E-state index in [2.05, 4.69) is 31.4 Å². The fraction of sp³-hybridized carbons (Fsp3) is 0.464. The number of ether oxygens (including phenoxy) is 2. The number of nitrogens with zero attached hydrogens (tertiary/aromatic N) is 1. The van der Waals surface area contributed by atoms with E-state index in [0.29, 0.717) is 36.9 Å². The predicted octanol–water partition coefficient (Wildman–Crippen LogP) is 4.03. The molecule has 2 aromatic carbocycles. The van der Waals surface area contributed by atoms with E-state index >= 15 is 0 Å². The third kappa shape index (κ3) is 5.64. The van der Waals surface area contributed by atoms with E-state index in [4.69, 9.17) is 9.47 Å². The summed E-state index contributed by atoms with van der Waals surface area (Å²) >= 11 is 0. The van der Waals surface area contributed by atoms with E-state index in [1.165, 1.54) is 0 Å². The van der Waals surface area contributed by atoms with Gasteiger partial charge in [0.25, 0.3) is 5.91 Å². The summed E-state index contributed by atoms with van der Waals surface area (Å²) in [6.07, 6.45) is 2.17. The Labute approximate surface area is 212 Å². The van der Waals surface area contributed by atoms with Crippen LogP contribution in [0.5, 0.6) is 11.5 Å². The van der Waals surface area contributed by atoms with Crippen molar-refractivity contribution in [1.29, 1.82) is 0 Å². The summed E-state index contributed by atoms with van der Waals surface area (Å²) in [5.41, 5.74) is 0.879. The van der Waals surface area contributed by atoms with Crippen LogP contribution in [0.15, 0.2) is 48.5 Å². The Hall–Kier alpha value is -3.55. The molecule has 1 saturated heterocycles. The molecule has 0 unspecified atom stereocenters. The summed E-state index contributed by atoms with van der Waals surface area (Å²) in [6, 6.07) is 14.8. The molecule has 1 saturated carbocycles. The van der Waals surface area contributed by atoms with Crippen LogP contribution in [0, 0.1) is 11.3 Å². The van der Waals surface area contributed by atoms with Gasteiger partial charge in [-0.2, -0.15) is 0 Å². The van der Waals surface area contributed by atoms with E-state index in [-0.39, 0.29) is 24.4 Å². The number of imide groups is 1. The van der Waals surface area contributed by atoms with E-state index in [9.17, 15) is 14.4 Å². The molecule has 1 aliphatic heterocycles. The van der Waals surface area contributed by atoms with Gasteiger partial charge >= 0.3 is 6.03 Å². The highest BCUT2D eigenvalue weighted by atomic mass is 16.5. The van der Waals surface area contributed by atoms with Crippen LogP contribution >= 0.6 is 0 Å². The molecule has 0 bridgehead atoms. The lowest BCUT2D eigenvalue weighted by molar-refractivity contribution is -0.137. The fourth-order valence-electron chi connectivity index (χ4n) is 5.73. The Kier molecular flexibility index (Phi) is 7.24. The summed E-state index contributed by atoms with van der Waals surface area (Å²) in [6.45, 7) is 6.67. The van der Waals surface area contributed by atoms with Gasteiger partial charge in [0.05, 0.1) is 7.11 Å². The highest BCUT2D eigenvalue weighted by molar-refractivity contribution is 6.09. The van der Waals surface area contributed by atoms with Crippen LogP contribution in [0.2, 0.25) is 0 Å². The monoisotopic (exact) mass is 493 g/mol. The third-order valence-corrected chi connectivity index (χ3v) is 6.88. The largest absolute Gasteiger partial charge is 0.493 e. The van der Waals surface area contributed by atoms with E-state index in [0.717, 1.165) is 22.4 Å². The molecule has 1 heterocycles. The number of hydrogen-bond acceptors (Lipinski definition) is 5. The maximum absolute atomic E-state index is 13.3. The van der Waals surface area contributed by atoms with Gasteiger partial charge in [-0.25, -0.2) is 4.79 Å². The Balaban J connectivity index is 1.34. The van der Waals surface area contributed by atoms with Crippen molar-refractivity contribution in [3.05, 3.63) is 59.7 Å². The standard InChI is InChI=1S/C28H35N3O5/c1-19-13-27(2,3)18-28(14-19)25(33)31(26(34)30-28)16-24(32)29-15-21-10-11-22(23(12-21)35-4)36-17-20-8-6-5-7-9-20/h5-12,19H,13-18H2,1-4H3,(H,29,32)(H,30,34)/t19-,28+/m1/s1. The SMILES string of the molecule is COc1cc(CNC(=O)CN2C(=O)N[C@]3(C[C@H](C)CC(C)(C)C3)C2=O)ccc1OCc1ccccc1. The number of carbonyl (C=O) groups is 3. The number of nitrogens with one attached hydrogen (secondary N) is 2. The minimum Gasteiger partial charge on any atom is -0.493 e. The summed E-state index contributed by atoms with van der Waals surface area (Å²) < 4.78 is 11.3. The average molecular weight is 494 g/mol. The number of rotatable bonds is 8. The smallest absolute Gasteiger partial charge is 0.325 e. The second kappa shape index (κ2) is 10.2. The first-order valence-corrected chi connectivity index (χ1v) is 12.4. The highest BCUT2D eigenvalue weighted by Crippen LogP contribution is 2.46. The quantitative estimate of drug-likeness (QED) is 0.542. The van der Waals surface area contributed by atoms with Crippen LogP contribution < -0.4 is 20.1 Å². The maximum Gasteiger partial charge on any atom is 0.325 e. The number of amides is 4. The first-order valence-electron chi connectivity index (χ1n) is 12.4. The van der Waals surface area contributed by atoms with Gasteiger partial charge in [-0.05, 0) is 53.9 Å². The molecule has 4 amide bonds. The summed E-state index contributed by atoms with van der Waals surface area (Å²) in [7, 11) is 1.56. The molecule has 2 N–H and O–H groups in total. The van der Waals surface area contributed by atoms with Gasteiger partial charge in [0.1, 0.15) is 18.7 Å². The first-order chi connectivity index (χ1) is 17.1. The highest BCUT2D eigenvalue weighted by Gasteiger charge is 2.56. The number of methoxy groups -OCH3 is 1.